The van der Waals surface area contributed by atoms with Crippen molar-refractivity contribution in [1.82, 2.24) is 0 Å². The number of esters is 2. The van der Waals surface area contributed by atoms with E-state index in [1.165, 1.54) is 0 Å². The van der Waals surface area contributed by atoms with Crippen LogP contribution in [0.5, 0.6) is 0 Å². The maximum atomic E-state index is 11.5. The van der Waals surface area contributed by atoms with Gasteiger partial charge >= 0.3 is 11.9 Å². The smallest absolute Gasteiger partial charge is 0.306 e. The van der Waals surface area contributed by atoms with Gasteiger partial charge in [0.2, 0.25) is 0 Å². The van der Waals surface area contributed by atoms with Gasteiger partial charge in [0.15, 0.2) is 0 Å². The molecule has 0 radical (unpaired) electrons. The molecule has 0 unspecified atom stereocenters. The first kappa shape index (κ1) is 17.9. The van der Waals surface area contributed by atoms with E-state index in [1.54, 1.807) is 6.92 Å². The molecule has 5 heteroatoms. The molecular formula is C14H28NO4+. The second-order valence-electron chi connectivity index (χ2n) is 4.54. The molecular weight excluding hydrogens is 246 g/mol. The molecule has 0 saturated carbocycles. The molecule has 5 nitrogen and oxygen atoms in total. The lowest BCUT2D eigenvalue weighted by Crippen LogP contribution is -2.49. The number of quaternary nitrogens is 1. The minimum absolute atomic E-state index is 0.0992. The standard InChI is InChI=1S/C14H28NO4/c1-5-15(6-2,7-3)11-12-19-14(17)10-9-13(16)18-8-4/h5-12H2,1-4H3/q+1. The van der Waals surface area contributed by atoms with Crippen molar-refractivity contribution in [3.8, 4) is 0 Å². The van der Waals surface area contributed by atoms with Crippen molar-refractivity contribution < 1.29 is 23.5 Å². The van der Waals surface area contributed by atoms with Crippen molar-refractivity contribution in [3.05, 3.63) is 0 Å². The van der Waals surface area contributed by atoms with Crippen LogP contribution in [0.2, 0.25) is 0 Å². The predicted molar refractivity (Wildman–Crippen MR) is 73.6 cm³/mol. The zero-order chi connectivity index (χ0) is 14.7. The van der Waals surface area contributed by atoms with Gasteiger partial charge in [-0.05, 0) is 27.7 Å². The molecule has 0 spiro atoms. The van der Waals surface area contributed by atoms with Crippen LogP contribution in [0.3, 0.4) is 0 Å². The summed E-state index contributed by atoms with van der Waals surface area (Å²) in [7, 11) is 0. The third kappa shape index (κ3) is 7.15. The van der Waals surface area contributed by atoms with Gasteiger partial charge in [0.25, 0.3) is 0 Å². The van der Waals surface area contributed by atoms with Crippen LogP contribution in [0.15, 0.2) is 0 Å². The lowest BCUT2D eigenvalue weighted by Gasteiger charge is -2.35. The highest BCUT2D eigenvalue weighted by Gasteiger charge is 2.21. The Balaban J connectivity index is 3.88. The van der Waals surface area contributed by atoms with Crippen LogP contribution >= 0.6 is 0 Å². The van der Waals surface area contributed by atoms with Crippen LogP contribution in [-0.2, 0) is 19.1 Å². The van der Waals surface area contributed by atoms with Gasteiger partial charge in [0.1, 0.15) is 13.2 Å². The second kappa shape index (κ2) is 9.78. The Labute approximate surface area is 116 Å². The summed E-state index contributed by atoms with van der Waals surface area (Å²) in [6.45, 7) is 12.9. The van der Waals surface area contributed by atoms with Crippen molar-refractivity contribution in [2.75, 3.05) is 39.4 Å². The Morgan fingerprint density at radius 2 is 1.32 bits per heavy atom. The summed E-state index contributed by atoms with van der Waals surface area (Å²) in [5.74, 6) is -0.672. The van der Waals surface area contributed by atoms with Crippen LogP contribution in [0.4, 0.5) is 0 Å². The Morgan fingerprint density at radius 3 is 1.74 bits per heavy atom. The topological polar surface area (TPSA) is 52.6 Å². The Kier molecular flexibility index (Phi) is 9.21. The normalized spacial score (nSPS) is 11.2. The average molecular weight is 274 g/mol. The number of carbonyl (C=O) groups is 2. The molecule has 112 valence electrons. The highest BCUT2D eigenvalue weighted by Crippen LogP contribution is 2.05. The summed E-state index contributed by atoms with van der Waals surface area (Å²) in [6, 6.07) is 0. The summed E-state index contributed by atoms with van der Waals surface area (Å²) in [5, 5.41) is 0. The van der Waals surface area contributed by atoms with E-state index in [9.17, 15) is 9.59 Å². The third-order valence-corrected chi connectivity index (χ3v) is 3.68. The Morgan fingerprint density at radius 1 is 0.842 bits per heavy atom. The fraction of sp³-hybridized carbons (Fsp3) is 0.857. The van der Waals surface area contributed by atoms with Gasteiger partial charge in [-0.3, -0.25) is 9.59 Å². The van der Waals surface area contributed by atoms with Crippen molar-refractivity contribution in [1.29, 1.82) is 0 Å². The predicted octanol–water partition coefficient (Wildman–Crippen LogP) is 1.75. The Bertz CT molecular complexity index is 266. The van der Waals surface area contributed by atoms with E-state index in [0.29, 0.717) is 13.2 Å². The van der Waals surface area contributed by atoms with Crippen molar-refractivity contribution in [3.63, 3.8) is 0 Å². The lowest BCUT2D eigenvalue weighted by atomic mass is 10.3. The number of ether oxygens (including phenoxy) is 2. The van der Waals surface area contributed by atoms with E-state index >= 15 is 0 Å². The fourth-order valence-electron chi connectivity index (χ4n) is 2.01. The molecule has 0 bridgehead atoms. The zero-order valence-corrected chi connectivity index (χ0v) is 12.7. The largest absolute Gasteiger partial charge is 0.466 e. The SMILES string of the molecule is CCOC(=O)CCC(=O)OCC[N+](CC)(CC)CC. The minimum atomic E-state index is -0.347. The van der Waals surface area contributed by atoms with Crippen molar-refractivity contribution in [2.45, 2.75) is 40.5 Å². The van der Waals surface area contributed by atoms with E-state index in [2.05, 4.69) is 20.8 Å². The molecule has 0 N–H and O–H groups in total. The van der Waals surface area contributed by atoms with E-state index in [0.717, 1.165) is 30.7 Å². The monoisotopic (exact) mass is 274 g/mol. The molecule has 0 aromatic rings. The highest BCUT2D eigenvalue weighted by atomic mass is 16.5. The summed E-state index contributed by atoms with van der Waals surface area (Å²) < 4.78 is 10.9. The van der Waals surface area contributed by atoms with Crippen LogP contribution in [0.25, 0.3) is 0 Å². The number of rotatable bonds is 10. The molecule has 19 heavy (non-hydrogen) atoms. The summed E-state index contributed by atoms with van der Waals surface area (Å²) in [5.41, 5.74) is 0. The molecule has 0 saturated heterocycles. The van der Waals surface area contributed by atoms with Gasteiger partial charge in [0.05, 0.1) is 39.1 Å². The van der Waals surface area contributed by atoms with Crippen LogP contribution < -0.4 is 0 Å². The van der Waals surface area contributed by atoms with E-state index in [4.69, 9.17) is 9.47 Å². The number of hydrogen-bond acceptors (Lipinski definition) is 4. The first-order valence-corrected chi connectivity index (χ1v) is 7.19. The van der Waals surface area contributed by atoms with E-state index < -0.39 is 0 Å². The highest BCUT2D eigenvalue weighted by molar-refractivity contribution is 5.77. The first-order chi connectivity index (χ1) is 9.03. The molecule has 0 heterocycles. The summed E-state index contributed by atoms with van der Waals surface area (Å²) in [4.78, 5) is 22.6. The molecule has 0 aromatic carbocycles. The van der Waals surface area contributed by atoms with Crippen LogP contribution in [-0.4, -0.2) is 55.8 Å². The van der Waals surface area contributed by atoms with Gasteiger partial charge in [-0.25, -0.2) is 0 Å². The summed E-state index contributed by atoms with van der Waals surface area (Å²) in [6.07, 6.45) is 0.200. The molecule has 0 aromatic heterocycles. The van der Waals surface area contributed by atoms with E-state index in [1.807, 2.05) is 0 Å². The van der Waals surface area contributed by atoms with Gasteiger partial charge < -0.3 is 14.0 Å². The first-order valence-electron chi connectivity index (χ1n) is 7.19. The maximum absolute atomic E-state index is 11.5. The molecule has 0 atom stereocenters. The fourth-order valence-corrected chi connectivity index (χ4v) is 2.01. The van der Waals surface area contributed by atoms with E-state index in [-0.39, 0.29) is 24.8 Å². The maximum Gasteiger partial charge on any atom is 0.306 e. The van der Waals surface area contributed by atoms with Crippen molar-refractivity contribution in [2.24, 2.45) is 0 Å². The number of carbonyl (C=O) groups excluding carboxylic acids is 2. The number of likely N-dealkylation sites (N-methyl/N-ethyl adjacent to an activating group) is 1. The third-order valence-electron chi connectivity index (χ3n) is 3.68. The molecule has 0 aliphatic heterocycles. The van der Waals surface area contributed by atoms with Gasteiger partial charge in [-0.1, -0.05) is 0 Å². The molecule has 0 aliphatic carbocycles. The van der Waals surface area contributed by atoms with Gasteiger partial charge in [-0.2, -0.15) is 0 Å². The van der Waals surface area contributed by atoms with Gasteiger partial charge in [0, 0.05) is 0 Å². The Hall–Kier alpha value is -1.10. The zero-order valence-electron chi connectivity index (χ0n) is 12.7. The molecule has 0 amide bonds. The summed E-state index contributed by atoms with van der Waals surface area (Å²) >= 11 is 0. The van der Waals surface area contributed by atoms with Crippen LogP contribution in [0, 0.1) is 0 Å². The quantitative estimate of drug-likeness (QED) is 0.450. The molecule has 0 fully saturated rings. The van der Waals surface area contributed by atoms with Gasteiger partial charge in [-0.15, -0.1) is 0 Å². The molecule has 0 rings (SSSR count). The average Bonchev–Trinajstić information content (AvgIpc) is 2.42. The van der Waals surface area contributed by atoms with Crippen molar-refractivity contribution >= 4 is 11.9 Å². The minimum Gasteiger partial charge on any atom is -0.466 e. The lowest BCUT2D eigenvalue weighted by molar-refractivity contribution is -0.923. The van der Waals surface area contributed by atoms with Crippen LogP contribution in [0.1, 0.15) is 40.5 Å². The molecule has 0 aliphatic rings. The number of nitrogens with zero attached hydrogens (tertiary/aromatic N) is 1. The second-order valence-corrected chi connectivity index (χ2v) is 4.54. The number of hydrogen-bond donors (Lipinski definition) is 0.